The average Bonchev–Trinajstić information content (AvgIpc) is 3.10. The lowest BCUT2D eigenvalue weighted by Crippen LogP contribution is -2.25. The highest BCUT2D eigenvalue weighted by Gasteiger charge is 2.15. The molecule has 1 N–H and O–H groups in total. The van der Waals surface area contributed by atoms with Gasteiger partial charge in [0.15, 0.2) is 16.8 Å². The number of nitrogens with one attached hydrogen (secondary N) is 1. The molecule has 0 bridgehead atoms. The molecule has 7 nitrogen and oxygen atoms in total. The lowest BCUT2D eigenvalue weighted by atomic mass is 10.1. The van der Waals surface area contributed by atoms with Crippen molar-refractivity contribution in [2.24, 2.45) is 7.05 Å². The first kappa shape index (κ1) is 20.2. The Bertz CT molecular complexity index is 1090. The standard InChI is InChI=1S/C20H16FN5O2S/c1-26-18(11-23-19(28)15-4-2-3-5-16(15)21)24-25-20(26)29-12-17(27)14-8-6-13(10-22)7-9-14/h2-9H,11-12H2,1H3,(H,23,28). The molecule has 0 aliphatic carbocycles. The largest absolute Gasteiger partial charge is 0.345 e. The zero-order valence-corrected chi connectivity index (χ0v) is 16.2. The summed E-state index contributed by atoms with van der Waals surface area (Å²) in [6, 6.07) is 14.1. The minimum atomic E-state index is -0.597. The van der Waals surface area contributed by atoms with E-state index >= 15 is 0 Å². The maximum atomic E-state index is 13.7. The van der Waals surface area contributed by atoms with Gasteiger partial charge in [0, 0.05) is 12.6 Å². The number of halogens is 1. The molecule has 0 saturated carbocycles. The van der Waals surface area contributed by atoms with Gasteiger partial charge in [-0.3, -0.25) is 9.59 Å². The van der Waals surface area contributed by atoms with Gasteiger partial charge in [0.25, 0.3) is 5.91 Å². The lowest BCUT2D eigenvalue weighted by molar-refractivity contribution is 0.0944. The zero-order chi connectivity index (χ0) is 20.8. The van der Waals surface area contributed by atoms with Gasteiger partial charge < -0.3 is 9.88 Å². The van der Waals surface area contributed by atoms with Crippen molar-refractivity contribution >= 4 is 23.5 Å². The van der Waals surface area contributed by atoms with E-state index in [0.29, 0.717) is 22.1 Å². The van der Waals surface area contributed by atoms with E-state index in [1.165, 1.54) is 30.0 Å². The van der Waals surface area contributed by atoms with Gasteiger partial charge in [-0.25, -0.2) is 4.39 Å². The lowest BCUT2D eigenvalue weighted by Gasteiger charge is -2.06. The Hall–Kier alpha value is -3.51. The van der Waals surface area contributed by atoms with Crippen LogP contribution in [0.25, 0.3) is 0 Å². The zero-order valence-electron chi connectivity index (χ0n) is 15.4. The molecule has 0 saturated heterocycles. The first-order chi connectivity index (χ1) is 14.0. The van der Waals surface area contributed by atoms with E-state index in [4.69, 9.17) is 5.26 Å². The van der Waals surface area contributed by atoms with E-state index in [9.17, 15) is 14.0 Å². The van der Waals surface area contributed by atoms with Crippen LogP contribution in [0.3, 0.4) is 0 Å². The maximum Gasteiger partial charge on any atom is 0.254 e. The second-order valence-corrected chi connectivity index (χ2v) is 6.96. The van der Waals surface area contributed by atoms with Crippen LogP contribution in [0.2, 0.25) is 0 Å². The molecule has 1 heterocycles. The number of carbonyl (C=O) groups excluding carboxylic acids is 2. The van der Waals surface area contributed by atoms with Crippen molar-refractivity contribution in [1.82, 2.24) is 20.1 Å². The van der Waals surface area contributed by atoms with Crippen molar-refractivity contribution in [3.05, 3.63) is 76.9 Å². The highest BCUT2D eigenvalue weighted by molar-refractivity contribution is 7.99. The number of nitrogens with zero attached hydrogens (tertiary/aromatic N) is 4. The van der Waals surface area contributed by atoms with E-state index in [1.807, 2.05) is 6.07 Å². The quantitative estimate of drug-likeness (QED) is 0.476. The smallest absolute Gasteiger partial charge is 0.254 e. The van der Waals surface area contributed by atoms with Crippen LogP contribution in [0.1, 0.15) is 32.1 Å². The van der Waals surface area contributed by atoms with Crippen molar-refractivity contribution in [3.8, 4) is 6.07 Å². The Labute approximate surface area is 170 Å². The van der Waals surface area contributed by atoms with Gasteiger partial charge >= 0.3 is 0 Å². The maximum absolute atomic E-state index is 13.7. The number of rotatable bonds is 7. The third kappa shape index (κ3) is 4.86. The summed E-state index contributed by atoms with van der Waals surface area (Å²) in [7, 11) is 1.72. The highest BCUT2D eigenvalue weighted by Crippen LogP contribution is 2.18. The van der Waals surface area contributed by atoms with Crippen LogP contribution in [0.4, 0.5) is 4.39 Å². The molecule has 9 heteroatoms. The molecule has 0 fully saturated rings. The van der Waals surface area contributed by atoms with Gasteiger partial charge in [0.05, 0.1) is 29.5 Å². The Kier molecular flexibility index (Phi) is 6.36. The van der Waals surface area contributed by atoms with Crippen molar-refractivity contribution in [2.75, 3.05) is 5.75 Å². The second-order valence-electron chi connectivity index (χ2n) is 6.02. The summed E-state index contributed by atoms with van der Waals surface area (Å²) >= 11 is 1.22. The van der Waals surface area contributed by atoms with Crippen molar-refractivity contribution < 1.29 is 14.0 Å². The summed E-state index contributed by atoms with van der Waals surface area (Å²) in [6.07, 6.45) is 0. The van der Waals surface area contributed by atoms with E-state index in [1.54, 1.807) is 41.9 Å². The minimum Gasteiger partial charge on any atom is -0.345 e. The van der Waals surface area contributed by atoms with E-state index in [-0.39, 0.29) is 23.6 Å². The molecule has 0 spiro atoms. The summed E-state index contributed by atoms with van der Waals surface area (Å²) in [6.45, 7) is 0.0702. The number of benzene rings is 2. The van der Waals surface area contributed by atoms with Crippen LogP contribution in [0.15, 0.2) is 53.7 Å². The summed E-state index contributed by atoms with van der Waals surface area (Å²) in [4.78, 5) is 24.4. The summed E-state index contributed by atoms with van der Waals surface area (Å²) in [5.74, 6) is -0.615. The minimum absolute atomic E-state index is 0.0442. The Morgan fingerprint density at radius 3 is 2.59 bits per heavy atom. The molecule has 1 aromatic heterocycles. The van der Waals surface area contributed by atoms with Crippen molar-refractivity contribution in [2.45, 2.75) is 11.7 Å². The van der Waals surface area contributed by atoms with Gasteiger partial charge in [0.1, 0.15) is 5.82 Å². The monoisotopic (exact) mass is 409 g/mol. The van der Waals surface area contributed by atoms with Crippen LogP contribution >= 0.6 is 11.8 Å². The van der Waals surface area contributed by atoms with Gasteiger partial charge in [0.2, 0.25) is 0 Å². The number of amides is 1. The Balaban J connectivity index is 1.57. The topological polar surface area (TPSA) is 101 Å². The highest BCUT2D eigenvalue weighted by atomic mass is 32.2. The van der Waals surface area contributed by atoms with Crippen molar-refractivity contribution in [3.63, 3.8) is 0 Å². The third-order valence-electron chi connectivity index (χ3n) is 4.12. The number of thioether (sulfide) groups is 1. The van der Waals surface area contributed by atoms with Crippen LogP contribution < -0.4 is 5.32 Å². The van der Waals surface area contributed by atoms with Crippen LogP contribution in [0.5, 0.6) is 0 Å². The van der Waals surface area contributed by atoms with Gasteiger partial charge in [-0.1, -0.05) is 36.0 Å². The fourth-order valence-electron chi connectivity index (χ4n) is 2.47. The Morgan fingerprint density at radius 1 is 1.17 bits per heavy atom. The van der Waals surface area contributed by atoms with Gasteiger partial charge in [-0.2, -0.15) is 5.26 Å². The van der Waals surface area contributed by atoms with Crippen molar-refractivity contribution in [1.29, 1.82) is 5.26 Å². The molecule has 3 rings (SSSR count). The van der Waals surface area contributed by atoms with Gasteiger partial charge in [-0.05, 0) is 24.3 Å². The van der Waals surface area contributed by atoms with Crippen LogP contribution in [-0.4, -0.2) is 32.2 Å². The third-order valence-corrected chi connectivity index (χ3v) is 5.14. The number of hydrogen-bond donors (Lipinski definition) is 1. The Morgan fingerprint density at radius 2 is 1.90 bits per heavy atom. The predicted octanol–water partition coefficient (Wildman–Crippen LogP) is 2.73. The molecule has 146 valence electrons. The number of nitriles is 1. The van der Waals surface area contributed by atoms with Gasteiger partial charge in [-0.15, -0.1) is 10.2 Å². The molecule has 1 amide bonds. The molecule has 29 heavy (non-hydrogen) atoms. The predicted molar refractivity (Wildman–Crippen MR) is 105 cm³/mol. The fraction of sp³-hybridized carbons (Fsp3) is 0.150. The molecule has 0 aliphatic rings. The number of ketones is 1. The molecular weight excluding hydrogens is 393 g/mol. The SMILES string of the molecule is Cn1c(CNC(=O)c2ccccc2F)nnc1SCC(=O)c1ccc(C#N)cc1. The summed E-state index contributed by atoms with van der Waals surface area (Å²) in [5.41, 5.74) is 0.956. The van der Waals surface area contributed by atoms with E-state index in [2.05, 4.69) is 15.5 Å². The molecule has 0 atom stereocenters. The summed E-state index contributed by atoms with van der Waals surface area (Å²) < 4.78 is 15.3. The number of Topliss-reactive ketones (excluding diaryl/α,β-unsaturated/α-hetero) is 1. The van der Waals surface area contributed by atoms with Crippen LogP contribution in [-0.2, 0) is 13.6 Å². The van der Waals surface area contributed by atoms with E-state index < -0.39 is 11.7 Å². The molecule has 3 aromatic rings. The van der Waals surface area contributed by atoms with Crippen LogP contribution in [0, 0.1) is 17.1 Å². The normalized spacial score (nSPS) is 10.4. The van der Waals surface area contributed by atoms with E-state index in [0.717, 1.165) is 0 Å². The summed E-state index contributed by atoms with van der Waals surface area (Å²) in [5, 5.41) is 20.0. The number of carbonyl (C=O) groups is 2. The molecule has 0 radical (unpaired) electrons. The molecular formula is C20H16FN5O2S. The average molecular weight is 409 g/mol. The number of hydrogen-bond acceptors (Lipinski definition) is 6. The number of aromatic nitrogens is 3. The fourth-order valence-corrected chi connectivity index (χ4v) is 3.29. The molecule has 2 aromatic carbocycles. The second kappa shape index (κ2) is 9.12. The molecule has 0 aliphatic heterocycles. The molecule has 0 unspecified atom stereocenters. The first-order valence-corrected chi connectivity index (χ1v) is 9.55. The first-order valence-electron chi connectivity index (χ1n) is 8.56.